The van der Waals surface area contributed by atoms with E-state index in [-0.39, 0.29) is 24.2 Å². The van der Waals surface area contributed by atoms with Crippen LogP contribution in [0.5, 0.6) is 0 Å². The highest BCUT2D eigenvalue weighted by Crippen LogP contribution is 2.16. The lowest BCUT2D eigenvalue weighted by molar-refractivity contribution is -0.116. The molecule has 0 spiro atoms. The van der Waals surface area contributed by atoms with Crippen LogP contribution in [0.3, 0.4) is 0 Å². The highest BCUT2D eigenvalue weighted by atomic mass is 19.1. The number of rotatable bonds is 6. The molecule has 1 amide bonds. The van der Waals surface area contributed by atoms with E-state index < -0.39 is 17.5 Å². The van der Waals surface area contributed by atoms with Crippen LogP contribution in [0.4, 0.5) is 14.5 Å². The molecule has 0 aliphatic carbocycles. The second kappa shape index (κ2) is 8.35. The fraction of sp³-hybridized carbons (Fsp3) is 0.150. The van der Waals surface area contributed by atoms with Crippen molar-refractivity contribution in [2.45, 2.75) is 19.4 Å². The number of halogens is 2. The maximum absolute atomic E-state index is 13.5. The average Bonchev–Trinajstić information content (AvgIpc) is 2.67. The molecule has 1 N–H and O–H groups in total. The van der Waals surface area contributed by atoms with Gasteiger partial charge in [0.1, 0.15) is 11.6 Å². The van der Waals surface area contributed by atoms with Gasteiger partial charge in [0.25, 0.3) is 5.56 Å². The van der Waals surface area contributed by atoms with Crippen molar-refractivity contribution in [3.05, 3.63) is 82.7 Å². The molecule has 0 atom stereocenters. The summed E-state index contributed by atoms with van der Waals surface area (Å²) in [6.45, 7) is 0.235. The Labute approximate surface area is 154 Å². The number of nitrogens with one attached hydrogen (secondary N) is 1. The summed E-state index contributed by atoms with van der Waals surface area (Å²) >= 11 is 0. The Hall–Kier alpha value is -3.35. The van der Waals surface area contributed by atoms with Crippen molar-refractivity contribution in [1.29, 1.82) is 0 Å². The molecule has 3 aromatic rings. The van der Waals surface area contributed by atoms with Gasteiger partial charge >= 0.3 is 0 Å². The molecule has 3 rings (SSSR count). The number of hydrogen-bond acceptors (Lipinski definition) is 3. The van der Waals surface area contributed by atoms with E-state index in [0.717, 1.165) is 23.8 Å². The van der Waals surface area contributed by atoms with Gasteiger partial charge in [-0.3, -0.25) is 9.59 Å². The minimum absolute atomic E-state index is 0.0413. The monoisotopic (exact) mass is 369 g/mol. The number of nitrogens with zero attached hydrogens (tertiary/aromatic N) is 2. The molecule has 7 heteroatoms. The van der Waals surface area contributed by atoms with Gasteiger partial charge in [0, 0.05) is 30.7 Å². The van der Waals surface area contributed by atoms with Gasteiger partial charge in [-0.1, -0.05) is 30.3 Å². The molecular formula is C20H17F2N3O2. The first-order valence-corrected chi connectivity index (χ1v) is 8.41. The van der Waals surface area contributed by atoms with Crippen LogP contribution in [-0.4, -0.2) is 15.7 Å². The first kappa shape index (κ1) is 18.4. The van der Waals surface area contributed by atoms with Crippen LogP contribution in [0, 0.1) is 11.6 Å². The molecule has 0 saturated carbocycles. The number of hydrogen-bond donors (Lipinski definition) is 1. The number of anilines is 1. The third-order valence-corrected chi connectivity index (χ3v) is 3.91. The number of benzene rings is 2. The van der Waals surface area contributed by atoms with Crippen LogP contribution in [0.15, 0.2) is 65.5 Å². The largest absolute Gasteiger partial charge is 0.324 e. The lowest BCUT2D eigenvalue weighted by Crippen LogP contribution is -2.23. The average molecular weight is 369 g/mol. The van der Waals surface area contributed by atoms with Crippen LogP contribution in [0.2, 0.25) is 0 Å². The summed E-state index contributed by atoms with van der Waals surface area (Å²) in [6.07, 6.45) is 0.369. The Bertz CT molecular complexity index is 1000. The number of carbonyl (C=O) groups excluding carboxylic acids is 1. The predicted octanol–water partition coefficient (Wildman–Crippen LogP) is 3.61. The van der Waals surface area contributed by atoms with Gasteiger partial charge in [0.05, 0.1) is 11.4 Å². The Morgan fingerprint density at radius 3 is 2.59 bits per heavy atom. The maximum Gasteiger partial charge on any atom is 0.266 e. The Balaban J connectivity index is 1.61. The zero-order valence-corrected chi connectivity index (χ0v) is 14.4. The second-order valence-electron chi connectivity index (χ2n) is 5.92. The van der Waals surface area contributed by atoms with Gasteiger partial charge in [-0.15, -0.1) is 0 Å². The third-order valence-electron chi connectivity index (χ3n) is 3.91. The number of aromatic nitrogens is 2. The number of amides is 1. The van der Waals surface area contributed by atoms with E-state index in [0.29, 0.717) is 12.1 Å². The normalized spacial score (nSPS) is 10.6. The smallest absolute Gasteiger partial charge is 0.266 e. The Morgan fingerprint density at radius 1 is 1.04 bits per heavy atom. The summed E-state index contributed by atoms with van der Waals surface area (Å²) in [7, 11) is 0. The van der Waals surface area contributed by atoms with E-state index in [2.05, 4.69) is 10.4 Å². The van der Waals surface area contributed by atoms with Crippen LogP contribution in [-0.2, 0) is 11.3 Å². The lowest BCUT2D eigenvalue weighted by atomic mass is 10.1. The summed E-state index contributed by atoms with van der Waals surface area (Å²) in [4.78, 5) is 23.9. The number of aryl methyl sites for hydroxylation is 1. The van der Waals surface area contributed by atoms with Gasteiger partial charge in [-0.2, -0.15) is 5.10 Å². The van der Waals surface area contributed by atoms with Crippen LogP contribution in [0.25, 0.3) is 11.3 Å². The van der Waals surface area contributed by atoms with Crippen molar-refractivity contribution >= 4 is 11.6 Å². The standard InChI is InChI=1S/C20H17F2N3O2/c21-15-8-9-16(22)18(13-15)23-19(26)7-4-12-25-20(27)11-10-17(24-25)14-5-2-1-3-6-14/h1-3,5-6,8-11,13H,4,7,12H2,(H,23,26). The van der Waals surface area contributed by atoms with E-state index in [1.54, 1.807) is 6.07 Å². The second-order valence-corrected chi connectivity index (χ2v) is 5.92. The molecule has 0 radical (unpaired) electrons. The van der Waals surface area contributed by atoms with E-state index in [1.807, 2.05) is 30.3 Å². The third kappa shape index (κ3) is 4.84. The Morgan fingerprint density at radius 2 is 1.81 bits per heavy atom. The fourth-order valence-electron chi connectivity index (χ4n) is 2.57. The molecule has 138 valence electrons. The molecular weight excluding hydrogens is 352 g/mol. The van der Waals surface area contributed by atoms with E-state index in [4.69, 9.17) is 0 Å². The molecule has 0 fully saturated rings. The van der Waals surface area contributed by atoms with Crippen molar-refractivity contribution < 1.29 is 13.6 Å². The molecule has 1 heterocycles. The first-order chi connectivity index (χ1) is 13.0. The predicted molar refractivity (Wildman–Crippen MR) is 98.2 cm³/mol. The first-order valence-electron chi connectivity index (χ1n) is 8.41. The molecule has 1 aromatic heterocycles. The molecule has 5 nitrogen and oxygen atoms in total. The Kier molecular flexibility index (Phi) is 5.71. The maximum atomic E-state index is 13.5. The van der Waals surface area contributed by atoms with Crippen LogP contribution >= 0.6 is 0 Å². The minimum atomic E-state index is -0.710. The van der Waals surface area contributed by atoms with Gasteiger partial charge in [-0.25, -0.2) is 13.5 Å². The summed E-state index contributed by atoms with van der Waals surface area (Å²) in [5, 5.41) is 6.64. The van der Waals surface area contributed by atoms with Gasteiger partial charge < -0.3 is 5.32 Å². The highest BCUT2D eigenvalue weighted by molar-refractivity contribution is 5.90. The molecule has 0 saturated heterocycles. The van der Waals surface area contributed by atoms with Gasteiger partial charge in [-0.05, 0) is 24.6 Å². The zero-order valence-electron chi connectivity index (χ0n) is 14.4. The van der Waals surface area contributed by atoms with Crippen LogP contribution < -0.4 is 10.9 Å². The molecule has 27 heavy (non-hydrogen) atoms. The van der Waals surface area contributed by atoms with Crippen LogP contribution in [0.1, 0.15) is 12.8 Å². The van der Waals surface area contributed by atoms with Crippen molar-refractivity contribution in [2.24, 2.45) is 0 Å². The van der Waals surface area contributed by atoms with E-state index in [1.165, 1.54) is 10.7 Å². The quantitative estimate of drug-likeness (QED) is 0.722. The van der Waals surface area contributed by atoms with Gasteiger partial charge in [0.2, 0.25) is 5.91 Å². The van der Waals surface area contributed by atoms with Gasteiger partial charge in [0.15, 0.2) is 0 Å². The highest BCUT2D eigenvalue weighted by Gasteiger charge is 2.09. The van der Waals surface area contributed by atoms with Crippen molar-refractivity contribution in [3.63, 3.8) is 0 Å². The van der Waals surface area contributed by atoms with E-state index >= 15 is 0 Å². The molecule has 0 aliphatic rings. The fourth-order valence-corrected chi connectivity index (χ4v) is 2.57. The van der Waals surface area contributed by atoms with Crippen molar-refractivity contribution in [2.75, 3.05) is 5.32 Å². The summed E-state index contributed by atoms with van der Waals surface area (Å²) < 4.78 is 28.0. The molecule has 2 aromatic carbocycles. The summed E-state index contributed by atoms with van der Waals surface area (Å²) in [6, 6.07) is 15.3. The lowest BCUT2D eigenvalue weighted by Gasteiger charge is -2.08. The number of carbonyl (C=O) groups is 1. The molecule has 0 bridgehead atoms. The zero-order chi connectivity index (χ0) is 19.2. The van der Waals surface area contributed by atoms with E-state index in [9.17, 15) is 18.4 Å². The molecule has 0 unspecified atom stereocenters. The SMILES string of the molecule is O=C(CCCn1nc(-c2ccccc2)ccc1=O)Nc1cc(F)ccc1F. The summed E-state index contributed by atoms with van der Waals surface area (Å²) in [5.41, 5.74) is 1.06. The van der Waals surface area contributed by atoms with Crippen molar-refractivity contribution in [1.82, 2.24) is 9.78 Å². The van der Waals surface area contributed by atoms with Crippen molar-refractivity contribution in [3.8, 4) is 11.3 Å². The molecule has 0 aliphatic heterocycles. The topological polar surface area (TPSA) is 64.0 Å². The summed E-state index contributed by atoms with van der Waals surface area (Å²) in [5.74, 6) is -1.81. The minimum Gasteiger partial charge on any atom is -0.324 e.